The molecule has 3 rings (SSSR count). The highest BCUT2D eigenvalue weighted by molar-refractivity contribution is 7.14. The summed E-state index contributed by atoms with van der Waals surface area (Å²) in [4.78, 5) is 35.2. The Bertz CT molecular complexity index is 919. The van der Waals surface area contributed by atoms with Crippen LogP contribution in [0.2, 0.25) is 0 Å². The lowest BCUT2D eigenvalue weighted by atomic mass is 10.2. The SMILES string of the molecule is CC(=O)NC[C@H]1CN(c2ccc(-c3nnc(CCC(N)=O)s3)c(F)c2)C(=O)O1. The number of primary amides is 1. The molecule has 0 saturated carbocycles. The molecule has 2 aromatic rings. The van der Waals surface area contributed by atoms with Crippen LogP contribution in [0.4, 0.5) is 14.9 Å². The largest absolute Gasteiger partial charge is 0.442 e. The van der Waals surface area contributed by atoms with Crippen LogP contribution in [0, 0.1) is 5.82 Å². The molecule has 1 aromatic carbocycles. The first-order chi connectivity index (χ1) is 13.3. The van der Waals surface area contributed by atoms with E-state index >= 15 is 0 Å². The van der Waals surface area contributed by atoms with E-state index in [9.17, 15) is 18.8 Å². The molecule has 1 saturated heterocycles. The predicted octanol–water partition coefficient (Wildman–Crippen LogP) is 1.22. The van der Waals surface area contributed by atoms with Crippen molar-refractivity contribution in [3.63, 3.8) is 0 Å². The fourth-order valence-electron chi connectivity index (χ4n) is 2.64. The monoisotopic (exact) mass is 407 g/mol. The predicted molar refractivity (Wildman–Crippen MR) is 99.1 cm³/mol. The number of carbonyl (C=O) groups excluding carboxylic acids is 3. The Labute approximate surface area is 163 Å². The Morgan fingerprint density at radius 1 is 1.43 bits per heavy atom. The average molecular weight is 407 g/mol. The second-order valence-electron chi connectivity index (χ2n) is 6.18. The lowest BCUT2D eigenvalue weighted by Gasteiger charge is -2.14. The minimum absolute atomic E-state index is 0.146. The standard InChI is InChI=1S/C17H18FN5O4S/c1-9(24)20-7-11-8-23(17(26)27-11)10-2-3-12(13(18)6-10)16-22-21-15(28-16)5-4-14(19)25/h2-3,6,11H,4-5,7-8H2,1H3,(H2,19,25)(H,20,24)/t11-/m0/s1. The van der Waals surface area contributed by atoms with Gasteiger partial charge in [-0.15, -0.1) is 10.2 Å². The van der Waals surface area contributed by atoms with Crippen molar-refractivity contribution in [3.05, 3.63) is 29.0 Å². The summed E-state index contributed by atoms with van der Waals surface area (Å²) in [6, 6.07) is 4.32. The molecule has 28 heavy (non-hydrogen) atoms. The van der Waals surface area contributed by atoms with Gasteiger partial charge in [0.05, 0.1) is 18.8 Å². The van der Waals surface area contributed by atoms with Gasteiger partial charge in [-0.25, -0.2) is 9.18 Å². The van der Waals surface area contributed by atoms with Gasteiger partial charge < -0.3 is 15.8 Å². The molecule has 1 aromatic heterocycles. The second-order valence-corrected chi connectivity index (χ2v) is 7.25. The first-order valence-electron chi connectivity index (χ1n) is 8.46. The Morgan fingerprint density at radius 2 is 2.21 bits per heavy atom. The van der Waals surface area contributed by atoms with Crippen LogP contribution in [0.1, 0.15) is 18.4 Å². The zero-order valence-corrected chi connectivity index (χ0v) is 15.8. The fourth-order valence-corrected chi connectivity index (χ4v) is 3.50. The van der Waals surface area contributed by atoms with Crippen molar-refractivity contribution in [3.8, 4) is 10.6 Å². The van der Waals surface area contributed by atoms with Crippen LogP contribution in [-0.4, -0.2) is 47.3 Å². The number of hydrogen-bond donors (Lipinski definition) is 2. The van der Waals surface area contributed by atoms with Crippen molar-refractivity contribution in [2.45, 2.75) is 25.9 Å². The minimum Gasteiger partial charge on any atom is -0.442 e. The molecule has 3 amide bonds. The number of rotatable bonds is 7. The number of aryl methyl sites for hydroxylation is 1. The molecule has 0 spiro atoms. The molecule has 1 atom stereocenters. The van der Waals surface area contributed by atoms with Crippen molar-refractivity contribution in [1.82, 2.24) is 15.5 Å². The number of cyclic esters (lactones) is 1. The molecule has 0 aliphatic carbocycles. The molecule has 11 heteroatoms. The van der Waals surface area contributed by atoms with Crippen LogP contribution >= 0.6 is 11.3 Å². The number of nitrogens with zero attached hydrogens (tertiary/aromatic N) is 3. The van der Waals surface area contributed by atoms with E-state index in [-0.39, 0.29) is 31.0 Å². The third-order valence-electron chi connectivity index (χ3n) is 4.00. The highest BCUT2D eigenvalue weighted by Crippen LogP contribution is 2.31. The number of nitrogens with one attached hydrogen (secondary N) is 1. The summed E-state index contributed by atoms with van der Waals surface area (Å²) in [5.41, 5.74) is 5.69. The molecule has 2 heterocycles. The zero-order valence-electron chi connectivity index (χ0n) is 15.0. The van der Waals surface area contributed by atoms with Crippen LogP contribution in [0.5, 0.6) is 0 Å². The van der Waals surface area contributed by atoms with Crippen molar-refractivity contribution < 1.29 is 23.5 Å². The van der Waals surface area contributed by atoms with Gasteiger partial charge in [-0.05, 0) is 18.2 Å². The Balaban J connectivity index is 1.71. The maximum absolute atomic E-state index is 14.6. The van der Waals surface area contributed by atoms with Crippen LogP contribution in [-0.2, 0) is 20.7 Å². The summed E-state index contributed by atoms with van der Waals surface area (Å²) in [5, 5.41) is 11.4. The molecule has 9 nitrogen and oxygen atoms in total. The highest BCUT2D eigenvalue weighted by atomic mass is 32.1. The van der Waals surface area contributed by atoms with E-state index in [0.29, 0.717) is 22.1 Å². The van der Waals surface area contributed by atoms with E-state index in [0.717, 1.165) is 0 Å². The van der Waals surface area contributed by atoms with Gasteiger partial charge in [-0.3, -0.25) is 14.5 Å². The van der Waals surface area contributed by atoms with Crippen LogP contribution in [0.3, 0.4) is 0 Å². The number of anilines is 1. The third kappa shape index (κ3) is 4.60. The number of nitrogens with two attached hydrogens (primary N) is 1. The van der Waals surface area contributed by atoms with Gasteiger partial charge in [0.2, 0.25) is 11.8 Å². The number of halogens is 1. The summed E-state index contributed by atoms with van der Waals surface area (Å²) in [6.07, 6.45) is -0.614. The molecular formula is C17H18FN5O4S. The molecule has 3 N–H and O–H groups in total. The van der Waals surface area contributed by atoms with E-state index < -0.39 is 23.9 Å². The molecule has 0 radical (unpaired) electrons. The van der Waals surface area contributed by atoms with Gasteiger partial charge in [-0.2, -0.15) is 0 Å². The summed E-state index contributed by atoms with van der Waals surface area (Å²) in [7, 11) is 0. The van der Waals surface area contributed by atoms with E-state index in [1.807, 2.05) is 0 Å². The third-order valence-corrected chi connectivity index (χ3v) is 5.02. The molecule has 0 unspecified atom stereocenters. The molecule has 1 aliphatic rings. The molecule has 0 bridgehead atoms. The zero-order chi connectivity index (χ0) is 20.3. The second kappa shape index (κ2) is 8.30. The Morgan fingerprint density at radius 3 is 2.89 bits per heavy atom. The van der Waals surface area contributed by atoms with E-state index in [1.54, 1.807) is 6.07 Å². The molecular weight excluding hydrogens is 389 g/mol. The van der Waals surface area contributed by atoms with Gasteiger partial charge >= 0.3 is 6.09 Å². The van der Waals surface area contributed by atoms with Gasteiger partial charge in [0.15, 0.2) is 5.01 Å². The van der Waals surface area contributed by atoms with E-state index in [2.05, 4.69) is 15.5 Å². The molecule has 1 aliphatic heterocycles. The average Bonchev–Trinajstić information content (AvgIpc) is 3.24. The van der Waals surface area contributed by atoms with E-state index in [4.69, 9.17) is 10.5 Å². The van der Waals surface area contributed by atoms with Crippen LogP contribution < -0.4 is 16.0 Å². The highest BCUT2D eigenvalue weighted by Gasteiger charge is 2.32. The summed E-state index contributed by atoms with van der Waals surface area (Å²) < 4.78 is 19.8. The molecule has 148 valence electrons. The fraction of sp³-hybridized carbons (Fsp3) is 0.353. The minimum atomic E-state index is -0.604. The topological polar surface area (TPSA) is 128 Å². The van der Waals surface area contributed by atoms with Crippen LogP contribution in [0.25, 0.3) is 10.6 Å². The lowest BCUT2D eigenvalue weighted by Crippen LogP contribution is -2.33. The van der Waals surface area contributed by atoms with Gasteiger partial charge in [-0.1, -0.05) is 11.3 Å². The van der Waals surface area contributed by atoms with Crippen LogP contribution in [0.15, 0.2) is 18.2 Å². The maximum Gasteiger partial charge on any atom is 0.414 e. The smallest absolute Gasteiger partial charge is 0.414 e. The van der Waals surface area contributed by atoms with Gasteiger partial charge in [0, 0.05) is 25.3 Å². The van der Waals surface area contributed by atoms with E-state index in [1.165, 1.54) is 35.3 Å². The van der Waals surface area contributed by atoms with Crippen molar-refractivity contribution >= 4 is 34.9 Å². The first kappa shape index (κ1) is 19.7. The number of ether oxygens (including phenoxy) is 1. The van der Waals surface area contributed by atoms with Crippen molar-refractivity contribution in [2.24, 2.45) is 5.73 Å². The molecule has 1 fully saturated rings. The number of aromatic nitrogens is 2. The maximum atomic E-state index is 14.6. The summed E-state index contributed by atoms with van der Waals surface area (Å²) in [5.74, 6) is -1.23. The Kier molecular flexibility index (Phi) is 5.83. The van der Waals surface area contributed by atoms with Crippen molar-refractivity contribution in [1.29, 1.82) is 0 Å². The van der Waals surface area contributed by atoms with Gasteiger partial charge in [0.25, 0.3) is 0 Å². The Hall–Kier alpha value is -3.08. The van der Waals surface area contributed by atoms with Crippen molar-refractivity contribution in [2.75, 3.05) is 18.0 Å². The van der Waals surface area contributed by atoms with Gasteiger partial charge in [0.1, 0.15) is 16.9 Å². The quantitative estimate of drug-likeness (QED) is 0.710. The number of benzene rings is 1. The lowest BCUT2D eigenvalue weighted by molar-refractivity contribution is -0.119. The number of carbonyl (C=O) groups is 3. The number of amides is 3. The first-order valence-corrected chi connectivity index (χ1v) is 9.28. The normalized spacial score (nSPS) is 16.1. The summed E-state index contributed by atoms with van der Waals surface area (Å²) in [6.45, 7) is 1.76. The number of hydrogen-bond acceptors (Lipinski definition) is 7. The summed E-state index contributed by atoms with van der Waals surface area (Å²) >= 11 is 1.18.